The molecular weight excluding hydrogens is 424 g/mol. The Balaban J connectivity index is 1.18. The molecule has 0 N–H and O–H groups in total. The molecule has 2 saturated heterocycles. The molecule has 2 atom stereocenters. The highest BCUT2D eigenvalue weighted by molar-refractivity contribution is 5.24. The third-order valence-corrected chi connectivity index (χ3v) is 7.73. The number of hydrogen-bond acceptors (Lipinski definition) is 2. The lowest BCUT2D eigenvalue weighted by Crippen LogP contribution is -2.22. The Hall–Kier alpha value is -1.64. The van der Waals surface area contributed by atoms with Crippen LogP contribution in [-0.2, 0) is 25.9 Å². The van der Waals surface area contributed by atoms with E-state index in [0.717, 1.165) is 37.8 Å². The Morgan fingerprint density at radius 1 is 0.571 bits per heavy atom. The average molecular weight is 475 g/mol. The molecule has 0 aromatic heterocycles. The fourth-order valence-corrected chi connectivity index (χ4v) is 6.24. The zero-order valence-electron chi connectivity index (χ0n) is 23.4. The van der Waals surface area contributed by atoms with Crippen LogP contribution in [0.3, 0.4) is 0 Å². The van der Waals surface area contributed by atoms with Crippen LogP contribution in [0.5, 0.6) is 0 Å². The van der Waals surface area contributed by atoms with Crippen LogP contribution in [0.25, 0.3) is 0 Å². The number of hydrogen-bond donors (Lipinski definition) is 0. The van der Waals surface area contributed by atoms with E-state index in [1.54, 1.807) is 0 Å². The van der Waals surface area contributed by atoms with Crippen LogP contribution in [-0.4, -0.2) is 36.0 Å². The van der Waals surface area contributed by atoms with E-state index < -0.39 is 0 Å². The van der Waals surface area contributed by atoms with Crippen LogP contribution in [0, 0.1) is 22.7 Å². The maximum Gasteiger partial charge on any atom is 0.0233 e. The maximum atomic E-state index is 2.69. The number of nitrogens with zero attached hydrogens (tertiary/aromatic N) is 2. The second kappa shape index (κ2) is 11.2. The van der Waals surface area contributed by atoms with Crippen molar-refractivity contribution >= 4 is 0 Å². The quantitative estimate of drug-likeness (QED) is 0.389. The van der Waals surface area contributed by atoms with Crippen molar-refractivity contribution in [3.63, 3.8) is 0 Å². The Morgan fingerprint density at radius 2 is 0.914 bits per heavy atom. The van der Waals surface area contributed by atoms with Crippen LogP contribution in [0.2, 0.25) is 0 Å². The van der Waals surface area contributed by atoms with Crippen molar-refractivity contribution in [1.82, 2.24) is 9.80 Å². The minimum atomic E-state index is 0.357. The van der Waals surface area contributed by atoms with Gasteiger partial charge in [-0.1, -0.05) is 90.1 Å². The lowest BCUT2D eigenvalue weighted by Gasteiger charge is -2.20. The summed E-state index contributed by atoms with van der Waals surface area (Å²) in [5, 5.41) is 0. The van der Waals surface area contributed by atoms with Gasteiger partial charge in [0.25, 0.3) is 0 Å². The van der Waals surface area contributed by atoms with Gasteiger partial charge in [0.1, 0.15) is 0 Å². The van der Waals surface area contributed by atoms with Gasteiger partial charge in [0, 0.05) is 26.2 Å². The number of benzene rings is 2. The smallest absolute Gasteiger partial charge is 0.0233 e. The van der Waals surface area contributed by atoms with E-state index in [0.29, 0.717) is 10.8 Å². The molecule has 4 rings (SSSR count). The van der Waals surface area contributed by atoms with Crippen LogP contribution < -0.4 is 0 Å². The van der Waals surface area contributed by atoms with Crippen molar-refractivity contribution in [2.45, 2.75) is 86.7 Å². The van der Waals surface area contributed by atoms with Gasteiger partial charge in [-0.3, -0.25) is 9.80 Å². The first kappa shape index (κ1) is 26.4. The third-order valence-electron chi connectivity index (χ3n) is 7.73. The van der Waals surface area contributed by atoms with Gasteiger partial charge in [-0.2, -0.15) is 0 Å². The number of rotatable bonds is 8. The van der Waals surface area contributed by atoms with Crippen molar-refractivity contribution in [3.8, 4) is 0 Å². The summed E-state index contributed by atoms with van der Waals surface area (Å²) in [6.07, 6.45) is 6.49. The Labute approximate surface area is 216 Å². The van der Waals surface area contributed by atoms with E-state index in [1.165, 1.54) is 67.7 Å². The van der Waals surface area contributed by atoms with Gasteiger partial charge in [0.2, 0.25) is 0 Å². The molecule has 192 valence electrons. The molecule has 0 bridgehead atoms. The second-order valence-corrected chi connectivity index (χ2v) is 14.1. The van der Waals surface area contributed by atoms with Crippen molar-refractivity contribution in [2.75, 3.05) is 26.2 Å². The van der Waals surface area contributed by atoms with Crippen LogP contribution in [0.1, 0.15) is 83.1 Å². The molecule has 2 aliphatic heterocycles. The first-order valence-electron chi connectivity index (χ1n) is 14.1. The average Bonchev–Trinajstić information content (AvgIpc) is 3.38. The third kappa shape index (κ3) is 8.76. The van der Waals surface area contributed by atoms with Gasteiger partial charge in [0.15, 0.2) is 0 Å². The van der Waals surface area contributed by atoms with Gasteiger partial charge < -0.3 is 0 Å². The lowest BCUT2D eigenvalue weighted by molar-refractivity contribution is 0.284. The monoisotopic (exact) mass is 474 g/mol. The summed E-state index contributed by atoms with van der Waals surface area (Å²) in [6.45, 7) is 21.3. The standard InChI is InChI=1S/C33H50N2/c1-32(2,3)20-26-7-11-28(12-8-26)22-34-17-15-30(24-34)19-31-16-18-35(25-31)23-29-13-9-27(10-14-29)21-33(4,5)6/h7-14,30-31H,15-25H2,1-6H3. The zero-order chi connectivity index (χ0) is 25.1. The predicted octanol–water partition coefficient (Wildman–Crippen LogP) is 7.60. The minimum absolute atomic E-state index is 0.357. The first-order chi connectivity index (χ1) is 16.5. The summed E-state index contributed by atoms with van der Waals surface area (Å²) < 4.78 is 0. The molecule has 0 aliphatic carbocycles. The molecule has 2 unspecified atom stereocenters. The van der Waals surface area contributed by atoms with Crippen LogP contribution in [0.15, 0.2) is 48.5 Å². The second-order valence-electron chi connectivity index (χ2n) is 14.1. The predicted molar refractivity (Wildman–Crippen MR) is 151 cm³/mol. The molecule has 0 spiro atoms. The van der Waals surface area contributed by atoms with Gasteiger partial charge in [-0.05, 0) is 90.1 Å². The Kier molecular flexibility index (Phi) is 8.44. The molecule has 2 heterocycles. The molecular formula is C33H50N2. The minimum Gasteiger partial charge on any atom is -0.299 e. The first-order valence-corrected chi connectivity index (χ1v) is 14.1. The molecule has 0 saturated carbocycles. The molecule has 2 aromatic carbocycles. The maximum absolute atomic E-state index is 2.69. The molecule has 2 aliphatic rings. The molecule has 2 nitrogen and oxygen atoms in total. The summed E-state index contributed by atoms with van der Waals surface area (Å²) in [5.74, 6) is 1.77. The SMILES string of the molecule is CC(C)(C)Cc1ccc(CN2CCC(CC3CCN(Cc4ccc(CC(C)(C)C)cc4)C3)C2)cc1. The topological polar surface area (TPSA) is 6.48 Å². The van der Waals surface area contributed by atoms with E-state index in [9.17, 15) is 0 Å². The van der Waals surface area contributed by atoms with E-state index in [2.05, 4.69) is 99.9 Å². The highest BCUT2D eigenvalue weighted by Crippen LogP contribution is 2.30. The molecule has 2 heteroatoms. The largest absolute Gasteiger partial charge is 0.299 e. The summed E-state index contributed by atoms with van der Waals surface area (Å²) >= 11 is 0. The van der Waals surface area contributed by atoms with Gasteiger partial charge in [-0.25, -0.2) is 0 Å². The normalized spacial score (nSPS) is 22.2. The summed E-state index contributed by atoms with van der Waals surface area (Å²) in [7, 11) is 0. The van der Waals surface area contributed by atoms with Gasteiger partial charge >= 0.3 is 0 Å². The van der Waals surface area contributed by atoms with Gasteiger partial charge in [-0.15, -0.1) is 0 Å². The molecule has 0 radical (unpaired) electrons. The molecule has 35 heavy (non-hydrogen) atoms. The van der Waals surface area contributed by atoms with E-state index in [1.807, 2.05) is 0 Å². The summed E-state index contributed by atoms with van der Waals surface area (Å²) in [4.78, 5) is 5.38. The van der Waals surface area contributed by atoms with E-state index >= 15 is 0 Å². The summed E-state index contributed by atoms with van der Waals surface area (Å²) in [5.41, 5.74) is 6.60. The molecule has 2 fully saturated rings. The lowest BCUT2D eigenvalue weighted by atomic mass is 9.88. The highest BCUT2D eigenvalue weighted by atomic mass is 15.2. The van der Waals surface area contributed by atoms with Crippen LogP contribution in [0.4, 0.5) is 0 Å². The van der Waals surface area contributed by atoms with Gasteiger partial charge in [0.05, 0.1) is 0 Å². The van der Waals surface area contributed by atoms with E-state index in [-0.39, 0.29) is 0 Å². The fraction of sp³-hybridized carbons (Fsp3) is 0.636. The van der Waals surface area contributed by atoms with Crippen molar-refractivity contribution < 1.29 is 0 Å². The summed E-state index contributed by atoms with van der Waals surface area (Å²) in [6, 6.07) is 18.8. The molecule has 0 amide bonds. The van der Waals surface area contributed by atoms with Crippen molar-refractivity contribution in [2.24, 2.45) is 22.7 Å². The number of likely N-dealkylation sites (tertiary alicyclic amines) is 2. The van der Waals surface area contributed by atoms with E-state index in [4.69, 9.17) is 0 Å². The fourth-order valence-electron chi connectivity index (χ4n) is 6.24. The van der Waals surface area contributed by atoms with Crippen molar-refractivity contribution in [1.29, 1.82) is 0 Å². The zero-order valence-corrected chi connectivity index (χ0v) is 23.4. The van der Waals surface area contributed by atoms with Crippen LogP contribution >= 0.6 is 0 Å². The van der Waals surface area contributed by atoms with Crippen molar-refractivity contribution in [3.05, 3.63) is 70.8 Å². The Bertz CT molecular complexity index is 836. The highest BCUT2D eigenvalue weighted by Gasteiger charge is 2.29. The Morgan fingerprint density at radius 3 is 1.26 bits per heavy atom. The molecule has 2 aromatic rings.